The van der Waals surface area contributed by atoms with Crippen LogP contribution in [0.15, 0.2) is 41.5 Å². The summed E-state index contributed by atoms with van der Waals surface area (Å²) in [7, 11) is 0. The van der Waals surface area contributed by atoms with E-state index in [0.717, 1.165) is 40.5 Å². The first kappa shape index (κ1) is 21.2. The maximum Gasteiger partial charge on any atom is 0.262 e. The molecule has 7 heteroatoms. The lowest BCUT2D eigenvalue weighted by Crippen LogP contribution is -2.35. The van der Waals surface area contributed by atoms with Crippen molar-refractivity contribution >= 4 is 27.5 Å². The van der Waals surface area contributed by atoms with Crippen LogP contribution in [0.2, 0.25) is 0 Å². The summed E-state index contributed by atoms with van der Waals surface area (Å²) in [5.74, 6) is -0.0473. The van der Waals surface area contributed by atoms with Gasteiger partial charge in [0, 0.05) is 36.5 Å². The number of rotatable bonds is 9. The van der Waals surface area contributed by atoms with E-state index < -0.39 is 0 Å². The number of aryl methyl sites for hydroxylation is 2. The van der Waals surface area contributed by atoms with Gasteiger partial charge in [0.2, 0.25) is 5.91 Å². The molecular weight excluding hydrogens is 384 g/mol. The fraction of sp³-hybridized carbons (Fsp3) is 0.409. The Balaban J connectivity index is 1.73. The van der Waals surface area contributed by atoms with Crippen LogP contribution in [0.5, 0.6) is 0 Å². The Hall–Kier alpha value is -2.51. The average Bonchev–Trinajstić information content (AvgIpc) is 3.08. The fourth-order valence-electron chi connectivity index (χ4n) is 3.45. The summed E-state index contributed by atoms with van der Waals surface area (Å²) in [4.78, 5) is 33.8. The number of nitrogens with one attached hydrogen (secondary N) is 1. The quantitative estimate of drug-likeness (QED) is 0.586. The molecule has 0 atom stereocenters. The van der Waals surface area contributed by atoms with Gasteiger partial charge >= 0.3 is 0 Å². The van der Waals surface area contributed by atoms with Crippen molar-refractivity contribution in [3.8, 4) is 11.1 Å². The lowest BCUT2D eigenvalue weighted by Gasteiger charge is -2.17. The van der Waals surface area contributed by atoms with E-state index in [1.165, 1.54) is 11.3 Å². The molecule has 0 unspecified atom stereocenters. The molecule has 29 heavy (non-hydrogen) atoms. The first-order valence-electron chi connectivity index (χ1n) is 10.1. The Morgan fingerprint density at radius 2 is 1.93 bits per heavy atom. The summed E-state index contributed by atoms with van der Waals surface area (Å²) in [6.07, 6.45) is 1.81. The van der Waals surface area contributed by atoms with Crippen LogP contribution in [0.3, 0.4) is 0 Å². The second-order valence-electron chi connectivity index (χ2n) is 6.95. The second kappa shape index (κ2) is 9.80. The Labute approximate surface area is 175 Å². The summed E-state index contributed by atoms with van der Waals surface area (Å²) in [5.41, 5.74) is 1.87. The molecule has 0 aliphatic rings. The summed E-state index contributed by atoms with van der Waals surface area (Å²) < 4.78 is 1.55. The molecule has 3 rings (SSSR count). The van der Waals surface area contributed by atoms with Gasteiger partial charge in [-0.25, -0.2) is 4.98 Å². The Bertz CT molecular complexity index is 1020. The van der Waals surface area contributed by atoms with Crippen LogP contribution in [-0.4, -0.2) is 46.5 Å². The van der Waals surface area contributed by atoms with Gasteiger partial charge in [-0.3, -0.25) is 14.2 Å². The molecule has 1 N–H and O–H groups in total. The standard InChI is InChI=1S/C22H28N4O2S/c1-4-25(5-2)14-12-23-18(27)11-13-26-15-24-21-20(22(26)28)19(16(3)29-21)17-9-7-6-8-10-17/h6-10,15H,4-5,11-14H2,1-3H3,(H,23,27). The molecule has 6 nitrogen and oxygen atoms in total. The van der Waals surface area contributed by atoms with Crippen molar-refractivity contribution in [3.05, 3.63) is 51.9 Å². The van der Waals surface area contributed by atoms with Gasteiger partial charge < -0.3 is 10.2 Å². The van der Waals surface area contributed by atoms with Crippen molar-refractivity contribution in [2.75, 3.05) is 26.2 Å². The molecule has 0 bridgehead atoms. The number of likely N-dealkylation sites (N-methyl/N-ethyl adjacent to an activating group) is 1. The van der Waals surface area contributed by atoms with Gasteiger partial charge in [-0.15, -0.1) is 11.3 Å². The molecule has 0 saturated heterocycles. The third-order valence-electron chi connectivity index (χ3n) is 5.14. The topological polar surface area (TPSA) is 67.2 Å². The Morgan fingerprint density at radius 1 is 1.21 bits per heavy atom. The first-order valence-corrected chi connectivity index (χ1v) is 10.9. The molecule has 0 fully saturated rings. The summed E-state index contributed by atoms with van der Waals surface area (Å²) in [5, 5.41) is 3.58. The zero-order valence-electron chi connectivity index (χ0n) is 17.3. The number of hydrogen-bond acceptors (Lipinski definition) is 5. The summed E-state index contributed by atoms with van der Waals surface area (Å²) >= 11 is 1.53. The van der Waals surface area contributed by atoms with E-state index in [1.807, 2.05) is 37.3 Å². The molecule has 0 saturated carbocycles. The number of amides is 1. The van der Waals surface area contributed by atoms with Gasteiger partial charge in [0.25, 0.3) is 5.56 Å². The highest BCUT2D eigenvalue weighted by atomic mass is 32.1. The van der Waals surface area contributed by atoms with Crippen LogP contribution in [0.25, 0.3) is 21.3 Å². The summed E-state index contributed by atoms with van der Waals surface area (Å²) in [6.45, 7) is 9.95. The van der Waals surface area contributed by atoms with Crippen molar-refractivity contribution in [1.82, 2.24) is 19.8 Å². The lowest BCUT2D eigenvalue weighted by molar-refractivity contribution is -0.121. The number of aromatic nitrogens is 2. The van der Waals surface area contributed by atoms with Crippen LogP contribution in [0.1, 0.15) is 25.1 Å². The maximum absolute atomic E-state index is 13.1. The van der Waals surface area contributed by atoms with E-state index in [1.54, 1.807) is 10.9 Å². The molecule has 0 aliphatic heterocycles. The van der Waals surface area contributed by atoms with Crippen molar-refractivity contribution in [1.29, 1.82) is 0 Å². The van der Waals surface area contributed by atoms with E-state index in [0.29, 0.717) is 18.5 Å². The number of carbonyl (C=O) groups excluding carboxylic acids is 1. The van der Waals surface area contributed by atoms with E-state index in [9.17, 15) is 9.59 Å². The predicted molar refractivity (Wildman–Crippen MR) is 119 cm³/mol. The van der Waals surface area contributed by atoms with Crippen molar-refractivity contribution < 1.29 is 4.79 Å². The molecule has 0 spiro atoms. The molecule has 154 valence electrons. The van der Waals surface area contributed by atoms with Gasteiger partial charge in [0.15, 0.2) is 0 Å². The van der Waals surface area contributed by atoms with Crippen LogP contribution in [0.4, 0.5) is 0 Å². The highest BCUT2D eigenvalue weighted by molar-refractivity contribution is 7.19. The number of thiophene rings is 1. The van der Waals surface area contributed by atoms with E-state index in [4.69, 9.17) is 0 Å². The average molecular weight is 413 g/mol. The number of nitrogens with zero attached hydrogens (tertiary/aromatic N) is 3. The molecule has 2 aromatic heterocycles. The number of hydrogen-bond donors (Lipinski definition) is 1. The zero-order chi connectivity index (χ0) is 20.8. The Morgan fingerprint density at radius 3 is 2.62 bits per heavy atom. The Kier molecular flexibility index (Phi) is 7.17. The largest absolute Gasteiger partial charge is 0.355 e. The van der Waals surface area contributed by atoms with Crippen molar-refractivity contribution in [3.63, 3.8) is 0 Å². The van der Waals surface area contributed by atoms with Gasteiger partial charge in [0.05, 0.1) is 11.7 Å². The minimum absolute atomic E-state index is 0.0473. The first-order chi connectivity index (χ1) is 14.0. The molecule has 0 aliphatic carbocycles. The van der Waals surface area contributed by atoms with Crippen LogP contribution in [-0.2, 0) is 11.3 Å². The minimum Gasteiger partial charge on any atom is -0.355 e. The van der Waals surface area contributed by atoms with Gasteiger partial charge in [-0.2, -0.15) is 0 Å². The number of fused-ring (bicyclic) bond motifs is 1. The third kappa shape index (κ3) is 4.92. The SMILES string of the molecule is CCN(CC)CCNC(=O)CCn1cnc2sc(C)c(-c3ccccc3)c2c1=O. The van der Waals surface area contributed by atoms with Crippen molar-refractivity contribution in [2.24, 2.45) is 0 Å². The molecular formula is C22H28N4O2S. The van der Waals surface area contributed by atoms with Crippen LogP contribution < -0.4 is 10.9 Å². The van der Waals surface area contributed by atoms with Gasteiger partial charge in [0.1, 0.15) is 4.83 Å². The van der Waals surface area contributed by atoms with Gasteiger partial charge in [-0.1, -0.05) is 44.2 Å². The maximum atomic E-state index is 13.1. The molecule has 3 aromatic rings. The highest BCUT2D eigenvalue weighted by Gasteiger charge is 2.17. The smallest absolute Gasteiger partial charge is 0.262 e. The van der Waals surface area contributed by atoms with Crippen LogP contribution in [0, 0.1) is 6.92 Å². The normalized spacial score (nSPS) is 11.3. The van der Waals surface area contributed by atoms with Crippen molar-refractivity contribution in [2.45, 2.75) is 33.7 Å². The van der Waals surface area contributed by atoms with E-state index >= 15 is 0 Å². The summed E-state index contributed by atoms with van der Waals surface area (Å²) in [6, 6.07) is 9.91. The molecule has 0 radical (unpaired) electrons. The predicted octanol–water partition coefficient (Wildman–Crippen LogP) is 3.28. The van der Waals surface area contributed by atoms with Crippen LogP contribution >= 0.6 is 11.3 Å². The molecule has 2 heterocycles. The third-order valence-corrected chi connectivity index (χ3v) is 6.15. The molecule has 1 aromatic carbocycles. The minimum atomic E-state index is -0.0888. The highest BCUT2D eigenvalue weighted by Crippen LogP contribution is 2.35. The number of carbonyl (C=O) groups is 1. The second-order valence-corrected chi connectivity index (χ2v) is 8.15. The zero-order valence-corrected chi connectivity index (χ0v) is 18.1. The lowest BCUT2D eigenvalue weighted by atomic mass is 10.0. The van der Waals surface area contributed by atoms with E-state index in [2.05, 4.69) is 29.0 Å². The number of benzene rings is 1. The fourth-order valence-corrected chi connectivity index (χ4v) is 4.46. The monoisotopic (exact) mass is 412 g/mol. The molecule has 1 amide bonds. The van der Waals surface area contributed by atoms with E-state index in [-0.39, 0.29) is 17.9 Å². The van der Waals surface area contributed by atoms with Gasteiger partial charge in [-0.05, 0) is 25.6 Å².